The number of nitriles is 1. The summed E-state index contributed by atoms with van der Waals surface area (Å²) in [5, 5.41) is 21.0. The van der Waals surface area contributed by atoms with Crippen molar-refractivity contribution in [3.8, 4) is 6.07 Å². The summed E-state index contributed by atoms with van der Waals surface area (Å²) >= 11 is 0. The smallest absolute Gasteiger partial charge is 0.322 e. The van der Waals surface area contributed by atoms with Gasteiger partial charge in [-0.25, -0.2) is 4.79 Å². The molecule has 0 bridgehead atoms. The molecule has 1 unspecified atom stereocenters. The molecule has 0 radical (unpaired) electrons. The highest BCUT2D eigenvalue weighted by molar-refractivity contribution is 5.89. The Kier molecular flexibility index (Phi) is 4.97. The van der Waals surface area contributed by atoms with Gasteiger partial charge in [-0.3, -0.25) is 0 Å². The average molecular weight is 273 g/mol. The molecule has 2 rings (SSSR count). The van der Waals surface area contributed by atoms with Crippen LogP contribution < -0.4 is 5.32 Å². The summed E-state index contributed by atoms with van der Waals surface area (Å²) in [6, 6.07) is 8.51. The Bertz CT molecular complexity index is 493. The first-order valence-corrected chi connectivity index (χ1v) is 6.93. The number of hydrogen-bond acceptors (Lipinski definition) is 3. The number of carbonyl (C=O) groups is 1. The molecule has 1 aliphatic heterocycles. The maximum atomic E-state index is 12.3. The van der Waals surface area contributed by atoms with E-state index in [1.165, 1.54) is 0 Å². The lowest BCUT2D eigenvalue weighted by Gasteiger charge is -2.28. The zero-order valence-corrected chi connectivity index (χ0v) is 11.4. The second-order valence-electron chi connectivity index (χ2n) is 5.00. The first kappa shape index (κ1) is 14.4. The van der Waals surface area contributed by atoms with Crippen LogP contribution in [0.5, 0.6) is 0 Å². The third-order valence-corrected chi connectivity index (χ3v) is 3.61. The summed E-state index contributed by atoms with van der Waals surface area (Å²) in [6.07, 6.45) is 3.96. The first-order valence-electron chi connectivity index (χ1n) is 6.93. The topological polar surface area (TPSA) is 76.4 Å². The van der Waals surface area contributed by atoms with Crippen LogP contribution in [0.2, 0.25) is 0 Å². The van der Waals surface area contributed by atoms with E-state index in [0.717, 1.165) is 25.7 Å². The van der Waals surface area contributed by atoms with Crippen molar-refractivity contribution in [2.24, 2.45) is 0 Å². The molecular weight excluding hydrogens is 254 g/mol. The third kappa shape index (κ3) is 3.49. The zero-order valence-electron chi connectivity index (χ0n) is 11.4. The van der Waals surface area contributed by atoms with Gasteiger partial charge in [-0.15, -0.1) is 0 Å². The van der Waals surface area contributed by atoms with Crippen molar-refractivity contribution in [1.82, 2.24) is 4.90 Å². The SMILES string of the molecule is N#Cc1ccc(NC(=O)N2CCCCCC2CO)cc1. The number of benzene rings is 1. The van der Waals surface area contributed by atoms with Gasteiger partial charge in [-0.1, -0.05) is 12.8 Å². The Balaban J connectivity index is 2.03. The molecular formula is C15H19N3O2. The number of aliphatic hydroxyl groups excluding tert-OH is 1. The monoisotopic (exact) mass is 273 g/mol. The van der Waals surface area contributed by atoms with Gasteiger partial charge in [0.05, 0.1) is 24.3 Å². The van der Waals surface area contributed by atoms with E-state index >= 15 is 0 Å². The Morgan fingerprint density at radius 3 is 2.75 bits per heavy atom. The van der Waals surface area contributed by atoms with Gasteiger partial charge in [0.25, 0.3) is 0 Å². The number of anilines is 1. The van der Waals surface area contributed by atoms with Gasteiger partial charge in [0.2, 0.25) is 0 Å². The van der Waals surface area contributed by atoms with Crippen molar-refractivity contribution in [3.05, 3.63) is 29.8 Å². The molecule has 5 nitrogen and oxygen atoms in total. The van der Waals surface area contributed by atoms with Gasteiger partial charge in [0.15, 0.2) is 0 Å². The van der Waals surface area contributed by atoms with Crippen LogP contribution in [0.15, 0.2) is 24.3 Å². The van der Waals surface area contributed by atoms with E-state index in [1.54, 1.807) is 29.2 Å². The minimum Gasteiger partial charge on any atom is -0.394 e. The zero-order chi connectivity index (χ0) is 14.4. The second-order valence-corrected chi connectivity index (χ2v) is 5.00. The quantitative estimate of drug-likeness (QED) is 0.868. The molecule has 1 aromatic rings. The highest BCUT2D eigenvalue weighted by atomic mass is 16.3. The summed E-state index contributed by atoms with van der Waals surface area (Å²) in [4.78, 5) is 14.0. The number of hydrogen-bond donors (Lipinski definition) is 2. The lowest BCUT2D eigenvalue weighted by Crippen LogP contribution is -2.44. The number of amides is 2. The molecule has 1 aliphatic rings. The maximum absolute atomic E-state index is 12.3. The molecule has 106 valence electrons. The number of carbonyl (C=O) groups excluding carboxylic acids is 1. The lowest BCUT2D eigenvalue weighted by molar-refractivity contribution is 0.142. The number of rotatable bonds is 2. The molecule has 20 heavy (non-hydrogen) atoms. The molecule has 1 atom stereocenters. The van der Waals surface area contributed by atoms with Crippen molar-refractivity contribution >= 4 is 11.7 Å². The fourth-order valence-electron chi connectivity index (χ4n) is 2.46. The summed E-state index contributed by atoms with van der Waals surface area (Å²) in [6.45, 7) is 0.675. The first-order chi connectivity index (χ1) is 9.74. The minimum atomic E-state index is -0.185. The van der Waals surface area contributed by atoms with Crippen LogP contribution >= 0.6 is 0 Å². The number of nitrogens with zero attached hydrogens (tertiary/aromatic N) is 2. The summed E-state index contributed by atoms with van der Waals surface area (Å²) in [5.74, 6) is 0. The van der Waals surface area contributed by atoms with Gasteiger partial charge in [0.1, 0.15) is 0 Å². The van der Waals surface area contributed by atoms with E-state index in [2.05, 4.69) is 5.32 Å². The van der Waals surface area contributed by atoms with Crippen LogP contribution in [0, 0.1) is 11.3 Å². The van der Waals surface area contributed by atoms with Crippen molar-refractivity contribution in [1.29, 1.82) is 5.26 Å². The Labute approximate surface area is 118 Å². The molecule has 0 aromatic heterocycles. The number of nitrogens with one attached hydrogen (secondary N) is 1. The van der Waals surface area contributed by atoms with Crippen molar-refractivity contribution < 1.29 is 9.90 Å². The van der Waals surface area contributed by atoms with E-state index < -0.39 is 0 Å². The molecule has 2 amide bonds. The number of likely N-dealkylation sites (tertiary alicyclic amines) is 1. The summed E-state index contributed by atoms with van der Waals surface area (Å²) in [5.41, 5.74) is 1.22. The van der Waals surface area contributed by atoms with Crippen LogP contribution in [-0.2, 0) is 0 Å². The molecule has 5 heteroatoms. The molecule has 1 aromatic carbocycles. The van der Waals surface area contributed by atoms with E-state index in [4.69, 9.17) is 5.26 Å². The molecule has 1 saturated heterocycles. The maximum Gasteiger partial charge on any atom is 0.322 e. The van der Waals surface area contributed by atoms with Crippen LogP contribution in [0.3, 0.4) is 0 Å². The Morgan fingerprint density at radius 1 is 1.35 bits per heavy atom. The van der Waals surface area contributed by atoms with Crippen LogP contribution in [0.25, 0.3) is 0 Å². The second kappa shape index (κ2) is 6.92. The molecule has 0 spiro atoms. The molecule has 1 heterocycles. The van der Waals surface area contributed by atoms with Gasteiger partial charge >= 0.3 is 6.03 Å². The lowest BCUT2D eigenvalue weighted by atomic mass is 10.1. The van der Waals surface area contributed by atoms with Gasteiger partial charge in [-0.2, -0.15) is 5.26 Å². The van der Waals surface area contributed by atoms with Gasteiger partial charge in [-0.05, 0) is 37.1 Å². The van der Waals surface area contributed by atoms with Gasteiger partial charge in [0, 0.05) is 12.2 Å². The number of aliphatic hydroxyl groups is 1. The largest absolute Gasteiger partial charge is 0.394 e. The predicted octanol–water partition coefficient (Wildman–Crippen LogP) is 2.33. The standard InChI is InChI=1S/C15H19N3O2/c16-10-12-5-7-13(8-6-12)17-15(20)18-9-3-1-2-4-14(18)11-19/h5-8,14,19H,1-4,9,11H2,(H,17,20). The van der Waals surface area contributed by atoms with Crippen LogP contribution in [0.4, 0.5) is 10.5 Å². The third-order valence-electron chi connectivity index (χ3n) is 3.61. The fourth-order valence-corrected chi connectivity index (χ4v) is 2.46. The highest BCUT2D eigenvalue weighted by Gasteiger charge is 2.24. The predicted molar refractivity (Wildman–Crippen MR) is 76.2 cm³/mol. The number of urea groups is 1. The molecule has 1 fully saturated rings. The van der Waals surface area contributed by atoms with Crippen LogP contribution in [-0.4, -0.2) is 35.2 Å². The van der Waals surface area contributed by atoms with Crippen molar-refractivity contribution in [2.75, 3.05) is 18.5 Å². The van der Waals surface area contributed by atoms with Crippen molar-refractivity contribution in [2.45, 2.75) is 31.7 Å². The van der Waals surface area contributed by atoms with E-state index in [-0.39, 0.29) is 18.7 Å². The Morgan fingerprint density at radius 2 is 2.10 bits per heavy atom. The van der Waals surface area contributed by atoms with E-state index in [0.29, 0.717) is 17.8 Å². The molecule has 2 N–H and O–H groups in total. The van der Waals surface area contributed by atoms with Crippen LogP contribution in [0.1, 0.15) is 31.2 Å². The molecule has 0 saturated carbocycles. The average Bonchev–Trinajstić information content (AvgIpc) is 2.73. The van der Waals surface area contributed by atoms with E-state index in [1.807, 2.05) is 6.07 Å². The van der Waals surface area contributed by atoms with Crippen molar-refractivity contribution in [3.63, 3.8) is 0 Å². The fraction of sp³-hybridized carbons (Fsp3) is 0.467. The summed E-state index contributed by atoms with van der Waals surface area (Å²) in [7, 11) is 0. The Hall–Kier alpha value is -2.06. The molecule has 0 aliphatic carbocycles. The normalized spacial score (nSPS) is 19.0. The highest BCUT2D eigenvalue weighted by Crippen LogP contribution is 2.18. The van der Waals surface area contributed by atoms with E-state index in [9.17, 15) is 9.90 Å². The minimum absolute atomic E-state index is 0.000784. The van der Waals surface area contributed by atoms with Gasteiger partial charge < -0.3 is 15.3 Å². The summed E-state index contributed by atoms with van der Waals surface area (Å²) < 4.78 is 0.